The van der Waals surface area contributed by atoms with Gasteiger partial charge in [-0.2, -0.15) is 0 Å². The number of aryl methyl sites for hydroxylation is 1. The first kappa shape index (κ1) is 18.7. The minimum atomic E-state index is -0.426. The van der Waals surface area contributed by atoms with Crippen molar-refractivity contribution in [3.63, 3.8) is 0 Å². The zero-order valence-electron chi connectivity index (χ0n) is 15.0. The van der Waals surface area contributed by atoms with Crippen LogP contribution in [-0.2, 0) is 16.1 Å². The van der Waals surface area contributed by atoms with E-state index in [0.717, 1.165) is 5.56 Å². The fourth-order valence-electron chi connectivity index (χ4n) is 2.61. The lowest BCUT2D eigenvalue weighted by Crippen LogP contribution is -2.36. The first-order valence-corrected chi connectivity index (χ1v) is 8.11. The number of benzene rings is 1. The molecule has 2 rings (SSSR count). The van der Waals surface area contributed by atoms with Crippen molar-refractivity contribution < 1.29 is 18.7 Å². The first-order chi connectivity index (χ1) is 11.9. The number of rotatable bonds is 7. The number of furan rings is 1. The Labute approximate surface area is 147 Å². The largest absolute Gasteiger partial charge is 0.465 e. The van der Waals surface area contributed by atoms with Gasteiger partial charge in [0.1, 0.15) is 17.1 Å². The Morgan fingerprint density at radius 3 is 2.60 bits per heavy atom. The van der Waals surface area contributed by atoms with Gasteiger partial charge in [-0.1, -0.05) is 30.3 Å². The summed E-state index contributed by atoms with van der Waals surface area (Å²) in [5, 5.41) is 2.97. The fraction of sp³-hybridized carbons (Fsp3) is 0.368. The number of hydrogen-bond acceptors (Lipinski definition) is 5. The van der Waals surface area contributed by atoms with Crippen LogP contribution in [0.2, 0.25) is 0 Å². The lowest BCUT2D eigenvalue weighted by atomic mass is 10.1. The Morgan fingerprint density at radius 2 is 1.96 bits per heavy atom. The number of nitrogens with one attached hydrogen (secondary N) is 1. The minimum absolute atomic E-state index is 0.0566. The topological polar surface area (TPSA) is 71.8 Å². The summed E-state index contributed by atoms with van der Waals surface area (Å²) >= 11 is 0. The van der Waals surface area contributed by atoms with Crippen LogP contribution in [0.15, 0.2) is 40.8 Å². The molecule has 0 saturated heterocycles. The molecule has 1 atom stereocenters. The van der Waals surface area contributed by atoms with E-state index in [1.165, 1.54) is 7.11 Å². The number of carbonyl (C=O) groups excluding carboxylic acids is 2. The Kier molecular flexibility index (Phi) is 6.36. The molecule has 0 spiro atoms. The highest BCUT2D eigenvalue weighted by Crippen LogP contribution is 2.17. The normalized spacial score (nSPS) is 12.0. The summed E-state index contributed by atoms with van der Waals surface area (Å²) in [5.41, 5.74) is 1.47. The third-order valence-corrected chi connectivity index (χ3v) is 3.89. The second-order valence-corrected chi connectivity index (χ2v) is 6.05. The average Bonchev–Trinajstić information content (AvgIpc) is 2.94. The smallest absolute Gasteiger partial charge is 0.341 e. The van der Waals surface area contributed by atoms with E-state index >= 15 is 0 Å². The van der Waals surface area contributed by atoms with E-state index < -0.39 is 5.97 Å². The van der Waals surface area contributed by atoms with Gasteiger partial charge in [0.2, 0.25) is 5.91 Å². The van der Waals surface area contributed by atoms with Crippen molar-refractivity contribution in [2.24, 2.45) is 0 Å². The monoisotopic (exact) mass is 344 g/mol. The highest BCUT2D eigenvalue weighted by molar-refractivity contribution is 5.90. The third-order valence-electron chi connectivity index (χ3n) is 3.89. The van der Waals surface area contributed by atoms with Crippen LogP contribution in [0.5, 0.6) is 0 Å². The molecule has 0 aliphatic carbocycles. The molecule has 0 fully saturated rings. The second kappa shape index (κ2) is 8.48. The number of methoxy groups -OCH3 is 1. The van der Waals surface area contributed by atoms with Crippen LogP contribution >= 0.6 is 0 Å². The highest BCUT2D eigenvalue weighted by atomic mass is 16.5. The molecule has 1 amide bonds. The summed E-state index contributed by atoms with van der Waals surface area (Å²) < 4.78 is 10.3. The second-order valence-electron chi connectivity index (χ2n) is 6.05. The van der Waals surface area contributed by atoms with Gasteiger partial charge >= 0.3 is 5.97 Å². The average molecular weight is 344 g/mol. The Morgan fingerprint density at radius 1 is 1.28 bits per heavy atom. The summed E-state index contributed by atoms with van der Waals surface area (Å²) in [5.74, 6) is 0.626. The molecule has 1 aromatic heterocycles. The van der Waals surface area contributed by atoms with Gasteiger partial charge in [-0.3, -0.25) is 9.69 Å². The number of esters is 1. The zero-order chi connectivity index (χ0) is 18.4. The maximum Gasteiger partial charge on any atom is 0.341 e. The molecule has 0 aliphatic rings. The maximum atomic E-state index is 12.2. The van der Waals surface area contributed by atoms with Gasteiger partial charge in [0.05, 0.1) is 26.2 Å². The van der Waals surface area contributed by atoms with E-state index in [4.69, 9.17) is 9.15 Å². The molecule has 2 aromatic rings. The van der Waals surface area contributed by atoms with Gasteiger partial charge in [0, 0.05) is 0 Å². The molecule has 1 heterocycles. The molecule has 6 heteroatoms. The van der Waals surface area contributed by atoms with Crippen molar-refractivity contribution in [3.05, 3.63) is 59.0 Å². The molecular weight excluding hydrogens is 320 g/mol. The molecule has 1 aromatic carbocycles. The zero-order valence-corrected chi connectivity index (χ0v) is 15.0. The molecule has 1 unspecified atom stereocenters. The van der Waals surface area contributed by atoms with Gasteiger partial charge in [-0.15, -0.1) is 0 Å². The van der Waals surface area contributed by atoms with Crippen LogP contribution < -0.4 is 5.32 Å². The maximum absolute atomic E-state index is 12.2. The summed E-state index contributed by atoms with van der Waals surface area (Å²) in [7, 11) is 3.15. The standard InChI is InChI=1S/C19H24N2O4/c1-13(15-8-6-5-7-9-15)20-18(22)12-21(3)11-16-10-17(14(2)25-16)19(23)24-4/h5-10,13H,11-12H2,1-4H3,(H,20,22). The Balaban J connectivity index is 1.88. The molecule has 134 valence electrons. The Hall–Kier alpha value is -2.60. The summed E-state index contributed by atoms with van der Waals surface area (Å²) in [4.78, 5) is 25.6. The first-order valence-electron chi connectivity index (χ1n) is 8.11. The van der Waals surface area contributed by atoms with Crippen molar-refractivity contribution >= 4 is 11.9 Å². The van der Waals surface area contributed by atoms with Gasteiger partial charge in [-0.05, 0) is 32.5 Å². The van der Waals surface area contributed by atoms with Crippen LogP contribution in [0, 0.1) is 6.92 Å². The van der Waals surface area contributed by atoms with Crippen LogP contribution in [0.25, 0.3) is 0 Å². The minimum Gasteiger partial charge on any atom is -0.465 e. The molecule has 6 nitrogen and oxygen atoms in total. The fourth-order valence-corrected chi connectivity index (χ4v) is 2.61. The van der Waals surface area contributed by atoms with Crippen LogP contribution in [-0.4, -0.2) is 37.5 Å². The summed E-state index contributed by atoms with van der Waals surface area (Å²) in [6.45, 7) is 4.31. The predicted molar refractivity (Wildman–Crippen MR) is 94.1 cm³/mol. The lowest BCUT2D eigenvalue weighted by molar-refractivity contribution is -0.122. The number of likely N-dealkylation sites (N-methyl/N-ethyl adjacent to an activating group) is 1. The molecule has 0 saturated carbocycles. The van der Waals surface area contributed by atoms with E-state index in [0.29, 0.717) is 23.6 Å². The quantitative estimate of drug-likeness (QED) is 0.782. The van der Waals surface area contributed by atoms with Crippen LogP contribution in [0.3, 0.4) is 0 Å². The number of amides is 1. The molecular formula is C19H24N2O4. The summed E-state index contributed by atoms with van der Waals surface area (Å²) in [6.07, 6.45) is 0. The molecule has 1 N–H and O–H groups in total. The molecule has 0 aliphatic heterocycles. The SMILES string of the molecule is COC(=O)c1cc(CN(C)CC(=O)NC(C)c2ccccc2)oc1C. The Bertz CT molecular complexity index is 724. The summed E-state index contributed by atoms with van der Waals surface area (Å²) in [6, 6.07) is 11.4. The molecule has 25 heavy (non-hydrogen) atoms. The van der Waals surface area contributed by atoms with Crippen molar-refractivity contribution in [1.82, 2.24) is 10.2 Å². The van der Waals surface area contributed by atoms with Crippen molar-refractivity contribution in [2.45, 2.75) is 26.4 Å². The van der Waals surface area contributed by atoms with E-state index in [1.807, 2.05) is 49.2 Å². The third kappa shape index (κ3) is 5.19. The van der Waals surface area contributed by atoms with Crippen molar-refractivity contribution in [1.29, 1.82) is 0 Å². The number of carbonyl (C=O) groups is 2. The predicted octanol–water partition coefficient (Wildman–Crippen LogP) is 2.68. The highest BCUT2D eigenvalue weighted by Gasteiger charge is 2.17. The number of nitrogens with zero attached hydrogens (tertiary/aromatic N) is 1. The van der Waals surface area contributed by atoms with Gasteiger partial charge in [0.25, 0.3) is 0 Å². The van der Waals surface area contributed by atoms with E-state index in [-0.39, 0.29) is 18.5 Å². The molecule has 0 radical (unpaired) electrons. The van der Waals surface area contributed by atoms with Gasteiger partial charge in [-0.25, -0.2) is 4.79 Å². The van der Waals surface area contributed by atoms with Crippen molar-refractivity contribution in [3.8, 4) is 0 Å². The van der Waals surface area contributed by atoms with Crippen molar-refractivity contribution in [2.75, 3.05) is 20.7 Å². The van der Waals surface area contributed by atoms with E-state index in [2.05, 4.69) is 5.32 Å². The van der Waals surface area contributed by atoms with Crippen LogP contribution in [0.1, 0.15) is 40.4 Å². The molecule has 0 bridgehead atoms. The van der Waals surface area contributed by atoms with E-state index in [9.17, 15) is 9.59 Å². The number of ether oxygens (including phenoxy) is 1. The van der Waals surface area contributed by atoms with E-state index in [1.54, 1.807) is 13.0 Å². The van der Waals surface area contributed by atoms with Gasteiger partial charge in [0.15, 0.2) is 0 Å². The number of hydrogen-bond donors (Lipinski definition) is 1. The van der Waals surface area contributed by atoms with Crippen LogP contribution in [0.4, 0.5) is 0 Å². The van der Waals surface area contributed by atoms with Gasteiger partial charge < -0.3 is 14.5 Å². The lowest BCUT2D eigenvalue weighted by Gasteiger charge is -2.18.